The van der Waals surface area contributed by atoms with Gasteiger partial charge in [-0.15, -0.1) is 0 Å². The van der Waals surface area contributed by atoms with Gasteiger partial charge in [-0.25, -0.2) is 13.2 Å². The summed E-state index contributed by atoms with van der Waals surface area (Å²) in [4.78, 5) is 37.3. The van der Waals surface area contributed by atoms with Gasteiger partial charge in [0.1, 0.15) is 48.8 Å². The van der Waals surface area contributed by atoms with Crippen molar-refractivity contribution in [2.24, 2.45) is 0 Å². The van der Waals surface area contributed by atoms with Gasteiger partial charge in [-0.05, 0) is 71.9 Å². The molecule has 4 heterocycles. The minimum Gasteiger partial charge on any atom is -0.385 e. The second-order valence-corrected chi connectivity index (χ2v) is 27.6. The van der Waals surface area contributed by atoms with Crippen molar-refractivity contribution in [3.05, 3.63) is 215 Å². The van der Waals surface area contributed by atoms with Crippen LogP contribution in [0.2, 0.25) is 0 Å². The number of sulfone groups is 1. The molecule has 6 aromatic rings. The van der Waals surface area contributed by atoms with Crippen LogP contribution in [0.4, 0.5) is 4.79 Å². The molecule has 6 aromatic carbocycles. The van der Waals surface area contributed by atoms with Crippen LogP contribution in [0.25, 0.3) is 0 Å². The smallest absolute Gasteiger partial charge is 0.315 e. The number of ether oxygens (including phenoxy) is 10. The predicted molar refractivity (Wildman–Crippen MR) is 365 cm³/mol. The van der Waals surface area contributed by atoms with E-state index in [4.69, 9.17) is 47.4 Å². The van der Waals surface area contributed by atoms with Crippen molar-refractivity contribution in [1.29, 1.82) is 0 Å². The SMILES string of the molecule is O=C(CCCCCO[C@H]1O[C@H](COCc2ccccc2)[C@@H](OCc2ccccc2)[C@H](OCc2ccccc2)[C@@H]1O[C@@H]1O[C@H](COCc2ccccc2)[C@@H](OCc2ccccc2)[C@H](OCc2ccccc2)[C@@H]1O)NCCCCCCNC(=O)CCCC[C@H]1[C@H]2NC(=O)N[C@H]2CS1(=O)=O. The van der Waals surface area contributed by atoms with Crippen molar-refractivity contribution in [1.82, 2.24) is 21.3 Å². The van der Waals surface area contributed by atoms with Crippen LogP contribution in [0.5, 0.6) is 0 Å². The van der Waals surface area contributed by atoms with Crippen LogP contribution < -0.4 is 21.3 Å². The first-order valence-corrected chi connectivity index (χ1v) is 36.2. The molecule has 97 heavy (non-hydrogen) atoms. The lowest BCUT2D eigenvalue weighted by Crippen LogP contribution is -2.66. The lowest BCUT2D eigenvalue weighted by atomic mass is 9.96. The van der Waals surface area contributed by atoms with Crippen molar-refractivity contribution in [2.45, 2.75) is 195 Å². The van der Waals surface area contributed by atoms with Crippen LogP contribution >= 0.6 is 0 Å². The molecular formula is C76H96N4O16S. The minimum absolute atomic E-state index is 0.0286. The zero-order valence-electron chi connectivity index (χ0n) is 55.3. The molecule has 10 rings (SSSR count). The Morgan fingerprint density at radius 2 is 0.856 bits per heavy atom. The predicted octanol–water partition coefficient (Wildman–Crippen LogP) is 9.73. The normalized spacial score (nSPS) is 25.0. The molecular weight excluding hydrogens is 1260 g/mol. The molecule has 20 nitrogen and oxygen atoms in total. The van der Waals surface area contributed by atoms with Gasteiger partial charge in [0, 0.05) is 32.5 Å². The Labute approximate surface area is 571 Å². The van der Waals surface area contributed by atoms with Crippen LogP contribution in [0.15, 0.2) is 182 Å². The summed E-state index contributed by atoms with van der Waals surface area (Å²) in [6.45, 7) is 2.80. The Kier molecular flexibility index (Phi) is 29.3. The van der Waals surface area contributed by atoms with Crippen molar-refractivity contribution in [3.63, 3.8) is 0 Å². The van der Waals surface area contributed by atoms with E-state index >= 15 is 0 Å². The number of benzene rings is 6. The summed E-state index contributed by atoms with van der Waals surface area (Å²) in [5.74, 6) is -0.142. The number of urea groups is 1. The average molecular weight is 1350 g/mol. The fourth-order valence-electron chi connectivity index (χ4n) is 12.8. The molecule has 4 fully saturated rings. The molecule has 4 amide bonds. The number of amides is 4. The van der Waals surface area contributed by atoms with Gasteiger partial charge in [-0.3, -0.25) is 9.59 Å². The van der Waals surface area contributed by atoms with Gasteiger partial charge in [0.2, 0.25) is 11.8 Å². The van der Waals surface area contributed by atoms with Crippen molar-refractivity contribution >= 4 is 27.7 Å². The van der Waals surface area contributed by atoms with E-state index in [1.165, 1.54) is 0 Å². The van der Waals surface area contributed by atoms with Crippen LogP contribution in [-0.4, -0.2) is 149 Å². The van der Waals surface area contributed by atoms with Gasteiger partial charge in [0.15, 0.2) is 22.4 Å². The number of nitrogens with one attached hydrogen (secondary N) is 4. The highest BCUT2D eigenvalue weighted by atomic mass is 32.2. The third-order valence-electron chi connectivity index (χ3n) is 18.0. The van der Waals surface area contributed by atoms with Crippen LogP contribution in [-0.2, 0) is 106 Å². The zero-order chi connectivity index (χ0) is 67.3. The van der Waals surface area contributed by atoms with Crippen molar-refractivity contribution in [3.8, 4) is 0 Å². The van der Waals surface area contributed by atoms with Gasteiger partial charge in [0.25, 0.3) is 0 Å². The summed E-state index contributed by atoms with van der Waals surface area (Å²) in [5.41, 5.74) is 5.62. The van der Waals surface area contributed by atoms with Gasteiger partial charge < -0.3 is 73.7 Å². The van der Waals surface area contributed by atoms with E-state index in [-0.39, 0.29) is 82.5 Å². The lowest BCUT2D eigenvalue weighted by Gasteiger charge is -2.49. The molecule has 5 N–H and O–H groups in total. The summed E-state index contributed by atoms with van der Waals surface area (Å²) in [5, 5.41) is 23.7. The largest absolute Gasteiger partial charge is 0.385 e. The molecule has 522 valence electrons. The van der Waals surface area contributed by atoms with Crippen LogP contribution in [0, 0.1) is 0 Å². The fourth-order valence-corrected chi connectivity index (χ4v) is 15.1. The summed E-state index contributed by atoms with van der Waals surface area (Å²) >= 11 is 0. The maximum absolute atomic E-state index is 13.1. The Balaban J connectivity index is 0.788. The molecule has 4 aliphatic heterocycles. The molecule has 0 aliphatic carbocycles. The number of rotatable bonds is 41. The third kappa shape index (κ3) is 23.1. The first-order valence-electron chi connectivity index (χ1n) is 34.5. The maximum Gasteiger partial charge on any atom is 0.315 e. The highest BCUT2D eigenvalue weighted by Gasteiger charge is 2.55. The highest BCUT2D eigenvalue weighted by molar-refractivity contribution is 7.92. The average Bonchev–Trinajstić information content (AvgIpc) is 1.75. The lowest BCUT2D eigenvalue weighted by molar-refractivity contribution is -0.379. The van der Waals surface area contributed by atoms with E-state index in [2.05, 4.69) is 21.3 Å². The quantitative estimate of drug-likeness (QED) is 0.0177. The number of carbonyl (C=O) groups excluding carboxylic acids is 3. The van der Waals surface area contributed by atoms with E-state index in [1.807, 2.05) is 182 Å². The number of fused-ring (bicyclic) bond motifs is 1. The van der Waals surface area contributed by atoms with E-state index in [1.54, 1.807) is 0 Å². The summed E-state index contributed by atoms with van der Waals surface area (Å²) in [7, 11) is -3.30. The van der Waals surface area contributed by atoms with E-state index in [9.17, 15) is 27.9 Å². The topological polar surface area (TPSA) is 246 Å². The second-order valence-electron chi connectivity index (χ2n) is 25.4. The van der Waals surface area contributed by atoms with Gasteiger partial charge in [0.05, 0.1) is 75.9 Å². The monoisotopic (exact) mass is 1350 g/mol. The number of carbonyl (C=O) groups is 3. The Bertz CT molecular complexity index is 3350. The summed E-state index contributed by atoms with van der Waals surface area (Å²) in [6, 6.07) is 58.0. The van der Waals surface area contributed by atoms with Gasteiger partial charge in [-0.2, -0.15) is 0 Å². The van der Waals surface area contributed by atoms with Gasteiger partial charge in [-0.1, -0.05) is 208 Å². The number of aliphatic hydroxyl groups is 1. The highest BCUT2D eigenvalue weighted by Crippen LogP contribution is 2.36. The number of hydrogen-bond donors (Lipinski definition) is 5. The molecule has 0 saturated carbocycles. The van der Waals surface area contributed by atoms with E-state index in [0.717, 1.165) is 59.1 Å². The number of hydrogen-bond acceptors (Lipinski definition) is 16. The molecule has 21 heteroatoms. The summed E-state index contributed by atoms with van der Waals surface area (Å²) < 4.78 is 93.9. The van der Waals surface area contributed by atoms with Gasteiger partial charge >= 0.3 is 6.03 Å². The number of aliphatic hydroxyl groups excluding tert-OH is 1. The van der Waals surface area contributed by atoms with E-state index < -0.39 is 82.5 Å². The first-order chi connectivity index (χ1) is 47.5. The molecule has 4 aliphatic rings. The molecule has 0 radical (unpaired) electrons. The van der Waals surface area contributed by atoms with Crippen LogP contribution in [0.1, 0.15) is 110 Å². The standard InChI is InChI=1S/C76H96N4O16S/c81-65(77-43-25-1-2-26-44-78-66(82)42-24-23-40-64-67-61(54-97(64,85)86)79-76(84)80-67)41-22-9-27-45-89-75-73(72(93-51-60-38-20-8-21-39-60)70(91-49-58-34-16-6-17-35-58)63(95-75)53-88-47-56-30-12-4-13-31-56)96-74-68(83)71(92-50-59-36-18-7-19-37-59)69(90-48-57-32-14-5-15-33-57)62(94-74)52-87-46-55-28-10-3-11-29-55/h3-8,10-21,28-39,61-64,67-75,83H,1-2,9,22-27,40-54H2,(H,77,81)(H,78,82)(H2,79,80,84)/t61-,62+,63+,64-,67-,68-,69+,70+,71+,72-,73-,74-,75-/m0/s1. The second kappa shape index (κ2) is 39.0. The fraction of sp³-hybridized carbons (Fsp3) is 0.487. The molecule has 4 saturated heterocycles. The molecule has 0 bridgehead atoms. The molecule has 0 unspecified atom stereocenters. The first kappa shape index (κ1) is 72.8. The summed E-state index contributed by atoms with van der Waals surface area (Å²) in [6.07, 6.45) is -2.63. The molecule has 13 atom stereocenters. The number of unbranched alkanes of at least 4 members (excludes halogenated alkanes) is 6. The maximum atomic E-state index is 13.1. The van der Waals surface area contributed by atoms with Crippen molar-refractivity contribution in [2.75, 3.05) is 38.7 Å². The van der Waals surface area contributed by atoms with E-state index in [0.29, 0.717) is 71.1 Å². The third-order valence-corrected chi connectivity index (χ3v) is 20.2. The molecule has 0 spiro atoms. The minimum atomic E-state index is -3.30. The Morgan fingerprint density at radius 3 is 1.33 bits per heavy atom. The van der Waals surface area contributed by atoms with Crippen LogP contribution in [0.3, 0.4) is 0 Å². The Hall–Kier alpha value is -6.96. The Morgan fingerprint density at radius 1 is 0.454 bits per heavy atom. The zero-order valence-corrected chi connectivity index (χ0v) is 56.1. The molecule has 0 aromatic heterocycles. The van der Waals surface area contributed by atoms with Crippen molar-refractivity contribution < 1.29 is 75.3 Å².